The third kappa shape index (κ3) is 51.1. The summed E-state index contributed by atoms with van der Waals surface area (Å²) < 4.78 is 40.9. The van der Waals surface area contributed by atoms with Gasteiger partial charge in [0.25, 0.3) is 0 Å². The van der Waals surface area contributed by atoms with Crippen molar-refractivity contribution in [2.24, 2.45) is 0 Å². The van der Waals surface area contributed by atoms with Crippen LogP contribution in [-0.4, -0.2) is 103 Å². The molecule has 0 bridgehead atoms. The van der Waals surface area contributed by atoms with E-state index in [0.29, 0.717) is 52.9 Å². The fourth-order valence-corrected chi connectivity index (χ4v) is 4.14. The lowest BCUT2D eigenvalue weighted by Crippen LogP contribution is -2.11. The minimum absolute atomic E-state index is 0.122. The van der Waals surface area contributed by atoms with Crippen molar-refractivity contribution in [3.63, 3.8) is 0 Å². The summed E-state index contributed by atoms with van der Waals surface area (Å²) in [5.41, 5.74) is 0. The van der Waals surface area contributed by atoms with E-state index in [1.54, 1.807) is 0 Å². The van der Waals surface area contributed by atoms with E-state index in [2.05, 4.69) is 50.6 Å². The lowest BCUT2D eigenvalue weighted by atomic mass is 10.2. The number of esters is 4. The second-order valence-corrected chi connectivity index (χ2v) is 12.4. The van der Waals surface area contributed by atoms with Gasteiger partial charge < -0.3 is 37.9 Å². The van der Waals surface area contributed by atoms with Crippen LogP contribution >= 0.6 is 0 Å². The van der Waals surface area contributed by atoms with Crippen LogP contribution in [0.3, 0.4) is 0 Å². The predicted octanol–water partition coefficient (Wildman–Crippen LogP) is 8.97. The molecule has 0 heterocycles. The Balaban J connectivity index is 0. The van der Waals surface area contributed by atoms with Crippen molar-refractivity contribution in [3.05, 3.63) is 124 Å². The van der Waals surface area contributed by atoms with Gasteiger partial charge in [-0.1, -0.05) is 72.9 Å². The van der Waals surface area contributed by atoms with Gasteiger partial charge in [0.05, 0.1) is 52.9 Å². The fourth-order valence-electron chi connectivity index (χ4n) is 4.14. The van der Waals surface area contributed by atoms with Crippen LogP contribution < -0.4 is 0 Å². The molecule has 0 aliphatic rings. The summed E-state index contributed by atoms with van der Waals surface area (Å²) in [7, 11) is 0. The molecule has 0 radical (unpaired) electrons. The molecule has 0 unspecified atom stereocenters. The molecule has 0 atom stereocenters. The van der Waals surface area contributed by atoms with Gasteiger partial charge in [-0.05, 0) is 77.0 Å². The van der Waals surface area contributed by atoms with Crippen molar-refractivity contribution < 1.29 is 57.1 Å². The summed E-state index contributed by atoms with van der Waals surface area (Å²) in [5, 5.41) is 0. The van der Waals surface area contributed by atoms with Gasteiger partial charge in [-0.2, -0.15) is 0 Å². The normalized spacial score (nSPS) is 11.3. The van der Waals surface area contributed by atoms with Crippen LogP contribution in [0.25, 0.3) is 0 Å². The van der Waals surface area contributed by atoms with Gasteiger partial charge in [-0.15, -0.1) is 26.3 Å². The van der Waals surface area contributed by atoms with E-state index < -0.39 is 23.9 Å². The van der Waals surface area contributed by atoms with Crippen LogP contribution in [0.1, 0.15) is 77.0 Å². The van der Waals surface area contributed by atoms with Crippen molar-refractivity contribution in [1.29, 1.82) is 0 Å². The zero-order valence-electron chi connectivity index (χ0n) is 35.9. The van der Waals surface area contributed by atoms with Crippen LogP contribution in [-0.2, 0) is 57.1 Å². The average Bonchev–Trinajstić information content (AvgIpc) is 3.25. The molecular formula is C48H72O12. The first kappa shape index (κ1) is 57.2. The molecule has 0 aromatic rings. The second-order valence-electron chi connectivity index (χ2n) is 12.4. The van der Waals surface area contributed by atoms with Crippen LogP contribution in [0.5, 0.6) is 0 Å². The summed E-state index contributed by atoms with van der Waals surface area (Å²) in [5.74, 6) is -2.47. The lowest BCUT2D eigenvalue weighted by Gasteiger charge is -2.03. The molecule has 12 heteroatoms. The Morgan fingerprint density at radius 1 is 0.300 bits per heavy atom. The molecule has 0 aromatic heterocycles. The number of rotatable bonds is 40. The molecule has 60 heavy (non-hydrogen) atoms. The molecule has 0 saturated carbocycles. The number of hydrogen-bond donors (Lipinski definition) is 0. The minimum Gasteiger partial charge on any atom is -0.460 e. The summed E-state index contributed by atoms with van der Waals surface area (Å²) in [6, 6.07) is 0. The summed E-state index contributed by atoms with van der Waals surface area (Å²) in [6.07, 6.45) is 40.0. The van der Waals surface area contributed by atoms with E-state index in [1.807, 2.05) is 48.6 Å². The highest BCUT2D eigenvalue weighted by Crippen LogP contribution is 1.99. The number of ether oxygens (including phenoxy) is 8. The van der Waals surface area contributed by atoms with E-state index in [4.69, 9.17) is 37.9 Å². The van der Waals surface area contributed by atoms with Crippen molar-refractivity contribution in [2.45, 2.75) is 77.0 Å². The predicted molar refractivity (Wildman–Crippen MR) is 238 cm³/mol. The Morgan fingerprint density at radius 3 is 0.717 bits per heavy atom. The summed E-state index contributed by atoms with van der Waals surface area (Å²) in [4.78, 5) is 46.0. The smallest absolute Gasteiger partial charge is 0.331 e. The highest BCUT2D eigenvalue weighted by molar-refractivity contribution is 5.92. The Hall–Kier alpha value is -4.88. The van der Waals surface area contributed by atoms with Gasteiger partial charge in [-0.25, -0.2) is 19.2 Å². The Kier molecular flexibility index (Phi) is 47.9. The number of carbonyl (C=O) groups is 4. The third-order valence-corrected chi connectivity index (χ3v) is 7.24. The van der Waals surface area contributed by atoms with E-state index in [0.717, 1.165) is 101 Å². The Morgan fingerprint density at radius 2 is 0.517 bits per heavy atom. The maximum atomic E-state index is 11.5. The molecule has 0 saturated heterocycles. The van der Waals surface area contributed by atoms with Gasteiger partial charge in [0.15, 0.2) is 0 Å². The van der Waals surface area contributed by atoms with Crippen molar-refractivity contribution in [3.8, 4) is 0 Å². The minimum atomic E-state index is -0.617. The molecule has 0 aromatic carbocycles. The molecule has 0 fully saturated rings. The third-order valence-electron chi connectivity index (χ3n) is 7.24. The van der Waals surface area contributed by atoms with Crippen molar-refractivity contribution >= 4 is 23.9 Å². The largest absolute Gasteiger partial charge is 0.460 e. The second kappa shape index (κ2) is 50.3. The summed E-state index contributed by atoms with van der Waals surface area (Å²) >= 11 is 0. The number of hydrogen-bond acceptors (Lipinski definition) is 12. The molecule has 0 spiro atoms. The molecular weight excluding hydrogens is 769 g/mol. The van der Waals surface area contributed by atoms with Gasteiger partial charge in [-0.3, -0.25) is 0 Å². The zero-order valence-corrected chi connectivity index (χ0v) is 35.9. The molecule has 12 nitrogen and oxygen atoms in total. The van der Waals surface area contributed by atoms with Crippen LogP contribution in [0.4, 0.5) is 0 Å². The number of carbonyl (C=O) groups excluding carboxylic acids is 4. The first-order valence-electron chi connectivity index (χ1n) is 20.8. The molecule has 0 aliphatic heterocycles. The molecule has 0 N–H and O–H groups in total. The Bertz CT molecular complexity index is 1100. The maximum absolute atomic E-state index is 11.5. The highest BCUT2D eigenvalue weighted by Gasteiger charge is 2.02. The van der Waals surface area contributed by atoms with E-state index in [1.165, 1.54) is 0 Å². The van der Waals surface area contributed by atoms with Crippen molar-refractivity contribution in [1.82, 2.24) is 0 Å². The fraction of sp³-hybridized carbons (Fsp3) is 0.500. The van der Waals surface area contributed by atoms with Gasteiger partial charge in [0, 0.05) is 24.3 Å². The first-order valence-corrected chi connectivity index (χ1v) is 20.8. The molecule has 336 valence electrons. The topological polar surface area (TPSA) is 142 Å². The van der Waals surface area contributed by atoms with Crippen LogP contribution in [0, 0.1) is 0 Å². The van der Waals surface area contributed by atoms with Gasteiger partial charge in [0.2, 0.25) is 0 Å². The summed E-state index contributed by atoms with van der Waals surface area (Å²) in [6.45, 7) is 18.2. The zero-order chi connectivity index (χ0) is 44.3. The van der Waals surface area contributed by atoms with E-state index >= 15 is 0 Å². The van der Waals surface area contributed by atoms with Gasteiger partial charge >= 0.3 is 23.9 Å². The van der Waals surface area contributed by atoms with Gasteiger partial charge in [0.1, 0.15) is 26.4 Å². The quantitative estimate of drug-likeness (QED) is 0.0191. The number of unbranched alkanes of at least 4 members (excludes halogenated alkanes) is 8. The molecule has 0 amide bonds. The van der Waals surface area contributed by atoms with E-state index in [9.17, 15) is 19.2 Å². The SMILES string of the molecule is C=CCCCC=CCOCCOC(=O)C=CC(=O)OCCOCC=CCCCC=C.C=CCCCC=CCOCCOC(=O)C=CC(=O)OCCOCC=CCCCC=C. The standard InChI is InChI=1S/2C24H36O6/c2*1-3-5-7-9-11-13-17-27-19-21-29-23(25)15-16-24(26)30-22-20-28-18-14-12-10-8-6-4-2/h2*3-4,11-16H,1-2,5-10,17-22H2. The Labute approximate surface area is 360 Å². The molecule has 0 rings (SSSR count). The molecule has 0 aliphatic carbocycles. The average molecular weight is 841 g/mol. The first-order chi connectivity index (χ1) is 29.4. The van der Waals surface area contributed by atoms with E-state index in [-0.39, 0.29) is 26.4 Å². The van der Waals surface area contributed by atoms with Crippen LogP contribution in [0.2, 0.25) is 0 Å². The van der Waals surface area contributed by atoms with Crippen LogP contribution in [0.15, 0.2) is 124 Å². The van der Waals surface area contributed by atoms with Crippen molar-refractivity contribution in [2.75, 3.05) is 79.3 Å². The highest BCUT2D eigenvalue weighted by atomic mass is 16.6. The number of allylic oxidation sites excluding steroid dienone is 8. The monoisotopic (exact) mass is 841 g/mol. The maximum Gasteiger partial charge on any atom is 0.331 e. The lowest BCUT2D eigenvalue weighted by molar-refractivity contribution is -0.141.